The summed E-state index contributed by atoms with van der Waals surface area (Å²) in [6, 6.07) is 12.6. The molecule has 0 spiro atoms. The van der Waals surface area contributed by atoms with E-state index >= 15 is 0 Å². The van der Waals surface area contributed by atoms with Gasteiger partial charge in [0.1, 0.15) is 0 Å². The molecule has 0 aromatic heterocycles. The van der Waals surface area contributed by atoms with Crippen LogP contribution in [0.15, 0.2) is 53.0 Å². The van der Waals surface area contributed by atoms with Gasteiger partial charge in [-0.25, -0.2) is 4.79 Å². The molecule has 1 amide bonds. The molecule has 0 bridgehead atoms. The minimum atomic E-state index is -1.10. The quantitative estimate of drug-likeness (QED) is 0.454. The first-order valence-electron chi connectivity index (χ1n) is 8.19. The van der Waals surface area contributed by atoms with Gasteiger partial charge in [-0.05, 0) is 53.5 Å². The first-order chi connectivity index (χ1) is 12.8. The molecule has 0 aliphatic heterocycles. The third-order valence-corrected chi connectivity index (χ3v) is 4.42. The molecule has 0 fully saturated rings. The zero-order valence-electron chi connectivity index (χ0n) is 14.8. The standard InChI is InChI=1S/C20H19BrN2O3S/c1-12(2)14-6-3-13(4-7-14)5-10-18(24)23-20(27)22-17-9-8-15(21)11-16(17)19(25)26/h3-12H,1-2H3,(H,25,26)(H2,22,23,24,27)/b10-5+. The molecular formula is C20H19BrN2O3S. The number of carboxylic acid groups (broad SMARTS) is 1. The number of halogens is 1. The Morgan fingerprint density at radius 1 is 1.15 bits per heavy atom. The Morgan fingerprint density at radius 2 is 1.81 bits per heavy atom. The molecule has 3 N–H and O–H groups in total. The van der Waals surface area contributed by atoms with Crippen molar-refractivity contribution in [3.8, 4) is 0 Å². The fourth-order valence-corrected chi connectivity index (χ4v) is 2.85. The van der Waals surface area contributed by atoms with Gasteiger partial charge >= 0.3 is 5.97 Å². The first kappa shape index (κ1) is 20.8. The predicted octanol–water partition coefficient (Wildman–Crippen LogP) is 4.80. The van der Waals surface area contributed by atoms with Crippen molar-refractivity contribution >= 4 is 56.9 Å². The second-order valence-corrected chi connectivity index (χ2v) is 7.42. The van der Waals surface area contributed by atoms with Crippen LogP contribution in [0.5, 0.6) is 0 Å². The highest BCUT2D eigenvalue weighted by Crippen LogP contribution is 2.21. The fraction of sp³-hybridized carbons (Fsp3) is 0.150. The summed E-state index contributed by atoms with van der Waals surface area (Å²) in [7, 11) is 0. The normalized spacial score (nSPS) is 10.8. The number of amides is 1. The SMILES string of the molecule is CC(C)c1ccc(/C=C/C(=O)NC(=S)Nc2ccc(Br)cc2C(=O)O)cc1. The van der Waals surface area contributed by atoms with Crippen molar-refractivity contribution in [2.75, 3.05) is 5.32 Å². The van der Waals surface area contributed by atoms with Gasteiger partial charge in [0.2, 0.25) is 5.91 Å². The monoisotopic (exact) mass is 446 g/mol. The topological polar surface area (TPSA) is 78.4 Å². The maximum atomic E-state index is 12.0. The molecule has 0 saturated heterocycles. The van der Waals surface area contributed by atoms with Crippen molar-refractivity contribution in [2.24, 2.45) is 0 Å². The van der Waals surface area contributed by atoms with E-state index in [4.69, 9.17) is 12.2 Å². The van der Waals surface area contributed by atoms with E-state index in [0.29, 0.717) is 16.1 Å². The minimum Gasteiger partial charge on any atom is -0.478 e. The van der Waals surface area contributed by atoms with Crippen LogP contribution in [-0.4, -0.2) is 22.1 Å². The Balaban J connectivity index is 1.98. The lowest BCUT2D eigenvalue weighted by atomic mass is 10.0. The Morgan fingerprint density at radius 3 is 2.41 bits per heavy atom. The number of benzene rings is 2. The number of rotatable bonds is 5. The summed E-state index contributed by atoms with van der Waals surface area (Å²) in [4.78, 5) is 23.3. The van der Waals surface area contributed by atoms with Crippen LogP contribution in [0.2, 0.25) is 0 Å². The summed E-state index contributed by atoms with van der Waals surface area (Å²) < 4.78 is 0.631. The molecule has 2 rings (SSSR count). The highest BCUT2D eigenvalue weighted by Gasteiger charge is 2.12. The lowest BCUT2D eigenvalue weighted by Gasteiger charge is -2.11. The molecule has 7 heteroatoms. The first-order valence-corrected chi connectivity index (χ1v) is 9.39. The van der Waals surface area contributed by atoms with Gasteiger partial charge in [-0.2, -0.15) is 0 Å². The summed E-state index contributed by atoms with van der Waals surface area (Å²) in [6.45, 7) is 4.24. The van der Waals surface area contributed by atoms with Gasteiger partial charge in [0, 0.05) is 10.5 Å². The second kappa shape index (κ2) is 9.43. The van der Waals surface area contributed by atoms with E-state index in [0.717, 1.165) is 5.56 Å². The zero-order valence-corrected chi connectivity index (χ0v) is 17.2. The molecule has 140 valence electrons. The molecule has 0 radical (unpaired) electrons. The molecular weight excluding hydrogens is 428 g/mol. The van der Waals surface area contributed by atoms with E-state index in [-0.39, 0.29) is 10.7 Å². The van der Waals surface area contributed by atoms with Crippen LogP contribution in [0, 0.1) is 0 Å². The molecule has 0 saturated carbocycles. The molecule has 0 aliphatic rings. The fourth-order valence-electron chi connectivity index (χ4n) is 2.27. The maximum absolute atomic E-state index is 12.0. The van der Waals surface area contributed by atoms with E-state index in [1.807, 2.05) is 24.3 Å². The van der Waals surface area contributed by atoms with Gasteiger partial charge in [0.25, 0.3) is 0 Å². The van der Waals surface area contributed by atoms with Crippen molar-refractivity contribution < 1.29 is 14.7 Å². The average molecular weight is 447 g/mol. The molecule has 5 nitrogen and oxygen atoms in total. The van der Waals surface area contributed by atoms with E-state index in [9.17, 15) is 14.7 Å². The summed E-state index contributed by atoms with van der Waals surface area (Å²) in [5, 5.41) is 14.5. The summed E-state index contributed by atoms with van der Waals surface area (Å²) in [5.74, 6) is -1.06. The van der Waals surface area contributed by atoms with Gasteiger partial charge in [0.05, 0.1) is 11.3 Å². The Hall–Kier alpha value is -2.51. The number of nitrogens with one attached hydrogen (secondary N) is 2. The molecule has 0 unspecified atom stereocenters. The van der Waals surface area contributed by atoms with Crippen LogP contribution >= 0.6 is 28.1 Å². The number of carbonyl (C=O) groups is 2. The summed E-state index contributed by atoms with van der Waals surface area (Å²) in [5.41, 5.74) is 2.46. The highest BCUT2D eigenvalue weighted by atomic mass is 79.9. The highest BCUT2D eigenvalue weighted by molar-refractivity contribution is 9.10. The number of hydrogen-bond donors (Lipinski definition) is 3. The number of thiocarbonyl (C=S) groups is 1. The number of aromatic carboxylic acids is 1. The van der Waals surface area contributed by atoms with Gasteiger partial charge in [0.15, 0.2) is 5.11 Å². The van der Waals surface area contributed by atoms with Crippen LogP contribution in [0.4, 0.5) is 5.69 Å². The van der Waals surface area contributed by atoms with E-state index in [1.165, 1.54) is 17.7 Å². The summed E-state index contributed by atoms with van der Waals surface area (Å²) >= 11 is 8.31. The van der Waals surface area contributed by atoms with E-state index in [1.54, 1.807) is 18.2 Å². The Kier molecular flexibility index (Phi) is 7.27. The second-order valence-electron chi connectivity index (χ2n) is 6.09. The van der Waals surface area contributed by atoms with Crippen molar-refractivity contribution in [1.29, 1.82) is 0 Å². The van der Waals surface area contributed by atoms with Crippen LogP contribution in [0.1, 0.15) is 41.3 Å². The van der Waals surface area contributed by atoms with Crippen LogP contribution in [-0.2, 0) is 4.79 Å². The minimum absolute atomic E-state index is 0.0182. The molecule has 0 aliphatic carbocycles. The van der Waals surface area contributed by atoms with Crippen molar-refractivity contribution in [3.05, 3.63) is 69.7 Å². The molecule has 2 aromatic carbocycles. The third kappa shape index (κ3) is 6.30. The van der Waals surface area contributed by atoms with Gasteiger partial charge in [-0.15, -0.1) is 0 Å². The van der Waals surface area contributed by atoms with Crippen LogP contribution < -0.4 is 10.6 Å². The molecule has 2 aromatic rings. The van der Waals surface area contributed by atoms with Gasteiger partial charge in [-0.1, -0.05) is 54.0 Å². The predicted molar refractivity (Wildman–Crippen MR) is 115 cm³/mol. The van der Waals surface area contributed by atoms with E-state index in [2.05, 4.69) is 40.4 Å². The zero-order chi connectivity index (χ0) is 20.0. The van der Waals surface area contributed by atoms with Crippen molar-refractivity contribution in [1.82, 2.24) is 5.32 Å². The molecule has 0 heterocycles. The van der Waals surface area contributed by atoms with Gasteiger partial charge in [-0.3, -0.25) is 10.1 Å². The smallest absolute Gasteiger partial charge is 0.337 e. The van der Waals surface area contributed by atoms with Gasteiger partial charge < -0.3 is 10.4 Å². The number of carboxylic acids is 1. The number of carbonyl (C=O) groups excluding carboxylic acids is 1. The molecule has 27 heavy (non-hydrogen) atoms. The van der Waals surface area contributed by atoms with Crippen LogP contribution in [0.3, 0.4) is 0 Å². The number of anilines is 1. The lowest BCUT2D eigenvalue weighted by Crippen LogP contribution is -2.33. The summed E-state index contributed by atoms with van der Waals surface area (Å²) in [6.07, 6.45) is 3.06. The van der Waals surface area contributed by atoms with Crippen molar-refractivity contribution in [2.45, 2.75) is 19.8 Å². The Labute approximate surface area is 171 Å². The lowest BCUT2D eigenvalue weighted by molar-refractivity contribution is -0.115. The molecule has 0 atom stereocenters. The maximum Gasteiger partial charge on any atom is 0.337 e. The largest absolute Gasteiger partial charge is 0.478 e. The van der Waals surface area contributed by atoms with Crippen LogP contribution in [0.25, 0.3) is 6.08 Å². The number of hydrogen-bond acceptors (Lipinski definition) is 3. The Bertz CT molecular complexity index is 893. The average Bonchev–Trinajstić information content (AvgIpc) is 2.61. The van der Waals surface area contributed by atoms with Crippen molar-refractivity contribution in [3.63, 3.8) is 0 Å². The third-order valence-electron chi connectivity index (χ3n) is 3.73. The van der Waals surface area contributed by atoms with E-state index < -0.39 is 11.9 Å².